The summed E-state index contributed by atoms with van der Waals surface area (Å²) in [7, 11) is 0. The lowest BCUT2D eigenvalue weighted by atomic mass is 10.1. The maximum atomic E-state index is 13.1. The van der Waals surface area contributed by atoms with Gasteiger partial charge in [0.05, 0.1) is 21.3 Å². The number of nitrogens with one attached hydrogen (secondary N) is 1. The Bertz CT molecular complexity index is 671. The summed E-state index contributed by atoms with van der Waals surface area (Å²) in [5.41, 5.74) is -0.0229. The van der Waals surface area contributed by atoms with Crippen LogP contribution in [0, 0.1) is 5.82 Å². The first-order valence-electron chi connectivity index (χ1n) is 5.33. The Kier molecular flexibility index (Phi) is 4.52. The van der Waals surface area contributed by atoms with E-state index in [1.807, 2.05) is 0 Å². The summed E-state index contributed by atoms with van der Waals surface area (Å²) in [4.78, 5) is 12.0. The van der Waals surface area contributed by atoms with Gasteiger partial charge in [-0.15, -0.1) is 0 Å². The third kappa shape index (κ3) is 3.23. The summed E-state index contributed by atoms with van der Waals surface area (Å²) < 4.78 is 13.8. The number of hydrogen-bond donors (Lipinski definition) is 2. The Hall–Kier alpha value is -1.30. The van der Waals surface area contributed by atoms with Gasteiger partial charge < -0.3 is 10.4 Å². The van der Waals surface area contributed by atoms with Crippen molar-refractivity contribution in [2.45, 2.75) is 0 Å². The molecule has 2 rings (SSSR count). The second-order valence-electron chi connectivity index (χ2n) is 3.86. The predicted molar refractivity (Wildman–Crippen MR) is 80.2 cm³/mol. The highest BCUT2D eigenvalue weighted by molar-refractivity contribution is 9.10. The van der Waals surface area contributed by atoms with Crippen molar-refractivity contribution in [1.82, 2.24) is 0 Å². The zero-order valence-electron chi connectivity index (χ0n) is 9.75. The van der Waals surface area contributed by atoms with Gasteiger partial charge in [0, 0.05) is 4.47 Å². The fourth-order valence-corrected chi connectivity index (χ4v) is 2.84. The number of phenolic OH excluding ortho intramolecular Hbond substituents is 1. The molecule has 2 aromatic rings. The average molecular weight is 379 g/mol. The van der Waals surface area contributed by atoms with Crippen LogP contribution in [0.1, 0.15) is 10.4 Å². The van der Waals surface area contributed by atoms with Crippen LogP contribution in [0.2, 0.25) is 10.0 Å². The number of phenols is 1. The van der Waals surface area contributed by atoms with Gasteiger partial charge in [0.2, 0.25) is 0 Å². The first kappa shape index (κ1) is 15.1. The van der Waals surface area contributed by atoms with Crippen LogP contribution in [-0.2, 0) is 0 Å². The van der Waals surface area contributed by atoms with Crippen LogP contribution in [0.15, 0.2) is 34.8 Å². The normalized spacial score (nSPS) is 10.4. The van der Waals surface area contributed by atoms with Crippen molar-refractivity contribution in [2.24, 2.45) is 0 Å². The molecule has 104 valence electrons. The SMILES string of the molecule is O=C(Nc1c(Cl)cc(Br)cc1Cl)c1cc(F)ccc1O. The number of rotatable bonds is 2. The molecule has 3 nitrogen and oxygen atoms in total. The minimum absolute atomic E-state index is 0.185. The van der Waals surface area contributed by atoms with E-state index in [9.17, 15) is 14.3 Å². The van der Waals surface area contributed by atoms with Crippen molar-refractivity contribution in [2.75, 3.05) is 5.32 Å². The molecule has 0 aliphatic carbocycles. The Balaban J connectivity index is 2.35. The van der Waals surface area contributed by atoms with E-state index in [1.54, 1.807) is 12.1 Å². The van der Waals surface area contributed by atoms with Gasteiger partial charge in [-0.05, 0) is 30.3 Å². The number of carbonyl (C=O) groups is 1. The average Bonchev–Trinajstić information content (AvgIpc) is 2.36. The van der Waals surface area contributed by atoms with E-state index in [4.69, 9.17) is 23.2 Å². The second-order valence-corrected chi connectivity index (χ2v) is 5.59. The molecule has 1 amide bonds. The number of aromatic hydroxyl groups is 1. The summed E-state index contributed by atoms with van der Waals surface area (Å²) >= 11 is 15.2. The minimum Gasteiger partial charge on any atom is -0.507 e. The second kappa shape index (κ2) is 5.99. The molecular weight excluding hydrogens is 372 g/mol. The zero-order valence-corrected chi connectivity index (χ0v) is 12.9. The lowest BCUT2D eigenvalue weighted by molar-refractivity contribution is 0.102. The molecule has 0 saturated carbocycles. The van der Waals surface area contributed by atoms with Crippen LogP contribution in [0.5, 0.6) is 5.75 Å². The highest BCUT2D eigenvalue weighted by Gasteiger charge is 2.16. The Morgan fingerprint density at radius 3 is 2.40 bits per heavy atom. The molecule has 0 heterocycles. The molecule has 0 aliphatic rings. The molecule has 0 bridgehead atoms. The van der Waals surface area contributed by atoms with E-state index >= 15 is 0 Å². The summed E-state index contributed by atoms with van der Waals surface area (Å²) in [6, 6.07) is 6.16. The number of amides is 1. The molecule has 0 unspecified atom stereocenters. The van der Waals surface area contributed by atoms with E-state index in [-0.39, 0.29) is 27.0 Å². The number of carbonyl (C=O) groups excluding carboxylic acids is 1. The van der Waals surface area contributed by atoms with E-state index in [0.29, 0.717) is 4.47 Å². The van der Waals surface area contributed by atoms with E-state index in [0.717, 1.165) is 18.2 Å². The van der Waals surface area contributed by atoms with E-state index in [2.05, 4.69) is 21.2 Å². The topological polar surface area (TPSA) is 49.3 Å². The molecule has 7 heteroatoms. The van der Waals surface area contributed by atoms with Crippen LogP contribution in [0.4, 0.5) is 10.1 Å². The van der Waals surface area contributed by atoms with Gasteiger partial charge in [0.25, 0.3) is 5.91 Å². The van der Waals surface area contributed by atoms with E-state index in [1.165, 1.54) is 0 Å². The fraction of sp³-hybridized carbons (Fsp3) is 0. The smallest absolute Gasteiger partial charge is 0.259 e. The molecule has 0 aliphatic heterocycles. The maximum Gasteiger partial charge on any atom is 0.259 e. The molecular formula is C13H7BrCl2FNO2. The van der Waals surface area contributed by atoms with Crippen LogP contribution in [0.25, 0.3) is 0 Å². The van der Waals surface area contributed by atoms with Crippen molar-refractivity contribution in [1.29, 1.82) is 0 Å². The van der Waals surface area contributed by atoms with Crippen LogP contribution in [-0.4, -0.2) is 11.0 Å². The van der Waals surface area contributed by atoms with Gasteiger partial charge in [-0.25, -0.2) is 4.39 Å². The molecule has 0 atom stereocenters. The lowest BCUT2D eigenvalue weighted by Crippen LogP contribution is -2.13. The van der Waals surface area contributed by atoms with E-state index < -0.39 is 11.7 Å². The van der Waals surface area contributed by atoms with Crippen molar-refractivity contribution in [3.63, 3.8) is 0 Å². The number of anilines is 1. The summed E-state index contributed by atoms with van der Waals surface area (Å²) in [6.07, 6.45) is 0. The maximum absolute atomic E-state index is 13.1. The first-order chi connectivity index (χ1) is 9.38. The number of halogens is 4. The first-order valence-corrected chi connectivity index (χ1v) is 6.88. The molecule has 2 N–H and O–H groups in total. The predicted octanol–water partition coefficient (Wildman–Crippen LogP) is 4.85. The molecule has 20 heavy (non-hydrogen) atoms. The molecule has 0 radical (unpaired) electrons. The van der Waals surface area contributed by atoms with Crippen molar-refractivity contribution in [3.05, 3.63) is 56.2 Å². The number of benzene rings is 2. The summed E-state index contributed by atoms with van der Waals surface area (Å²) in [5, 5.41) is 12.4. The third-order valence-corrected chi connectivity index (χ3v) is 3.50. The summed E-state index contributed by atoms with van der Waals surface area (Å²) in [5.74, 6) is -1.69. The monoisotopic (exact) mass is 377 g/mol. The standard InChI is InChI=1S/C13H7BrCl2FNO2/c14-6-3-9(15)12(10(16)4-6)18-13(20)8-5-7(17)1-2-11(8)19/h1-5,19H,(H,18,20). The molecule has 0 aromatic heterocycles. The highest BCUT2D eigenvalue weighted by atomic mass is 79.9. The van der Waals surface area contributed by atoms with Gasteiger partial charge in [0.15, 0.2) is 0 Å². The van der Waals surface area contributed by atoms with Crippen LogP contribution >= 0.6 is 39.1 Å². The Morgan fingerprint density at radius 2 is 1.80 bits per heavy atom. The van der Waals surface area contributed by atoms with Crippen LogP contribution < -0.4 is 5.32 Å². The summed E-state index contributed by atoms with van der Waals surface area (Å²) in [6.45, 7) is 0. The molecule has 0 fully saturated rings. The largest absolute Gasteiger partial charge is 0.507 e. The van der Waals surface area contributed by atoms with Crippen molar-refractivity contribution in [3.8, 4) is 5.75 Å². The van der Waals surface area contributed by atoms with Gasteiger partial charge >= 0.3 is 0 Å². The number of hydrogen-bond acceptors (Lipinski definition) is 2. The lowest BCUT2D eigenvalue weighted by Gasteiger charge is -2.10. The zero-order chi connectivity index (χ0) is 14.9. The fourth-order valence-electron chi connectivity index (χ4n) is 1.53. The van der Waals surface area contributed by atoms with Gasteiger partial charge in [-0.1, -0.05) is 39.1 Å². The molecule has 2 aromatic carbocycles. The Morgan fingerprint density at radius 1 is 1.20 bits per heavy atom. The van der Waals surface area contributed by atoms with Crippen LogP contribution in [0.3, 0.4) is 0 Å². The van der Waals surface area contributed by atoms with Crippen molar-refractivity contribution >= 4 is 50.7 Å². The molecule has 0 saturated heterocycles. The van der Waals surface area contributed by atoms with Gasteiger partial charge in [-0.2, -0.15) is 0 Å². The third-order valence-electron chi connectivity index (χ3n) is 2.45. The molecule has 0 spiro atoms. The quantitative estimate of drug-likeness (QED) is 0.784. The highest BCUT2D eigenvalue weighted by Crippen LogP contribution is 2.34. The minimum atomic E-state index is -0.715. The van der Waals surface area contributed by atoms with Gasteiger partial charge in [0.1, 0.15) is 11.6 Å². The van der Waals surface area contributed by atoms with Gasteiger partial charge in [-0.3, -0.25) is 4.79 Å². The Labute approximate surface area is 132 Å². The van der Waals surface area contributed by atoms with Crippen molar-refractivity contribution < 1.29 is 14.3 Å².